The van der Waals surface area contributed by atoms with Crippen LogP contribution >= 0.6 is 11.6 Å². The Bertz CT molecular complexity index is 953. The fourth-order valence-corrected chi connectivity index (χ4v) is 3.72. The molecule has 0 atom stereocenters. The van der Waals surface area contributed by atoms with Crippen molar-refractivity contribution in [2.24, 2.45) is 0 Å². The summed E-state index contributed by atoms with van der Waals surface area (Å²) in [6, 6.07) is 15.8. The van der Waals surface area contributed by atoms with Gasteiger partial charge in [-0.25, -0.2) is 4.98 Å². The average molecular weight is 442 g/mol. The van der Waals surface area contributed by atoms with Crippen molar-refractivity contribution in [3.8, 4) is 5.75 Å². The second kappa shape index (κ2) is 12.4. The molecule has 0 aliphatic rings. The molecule has 2 aromatic carbocycles. The molecule has 0 aliphatic heterocycles. The summed E-state index contributed by atoms with van der Waals surface area (Å²) >= 11 is 5.91. The summed E-state index contributed by atoms with van der Waals surface area (Å²) in [5.74, 6) is 2.13. The van der Waals surface area contributed by atoms with E-state index < -0.39 is 0 Å². The minimum Gasteiger partial charge on any atom is -0.494 e. The third-order valence-electron chi connectivity index (χ3n) is 5.31. The number of carbonyl (C=O) groups excluding carboxylic acids is 1. The Morgan fingerprint density at radius 3 is 2.65 bits per heavy atom. The molecule has 5 nitrogen and oxygen atoms in total. The SMILES string of the molecule is CCC(=O)NCCCCCc1nc2ccccc2n1CCCCOc1ccc(Cl)cc1. The molecule has 0 spiro atoms. The van der Waals surface area contributed by atoms with Crippen LogP contribution in [-0.4, -0.2) is 28.6 Å². The summed E-state index contributed by atoms with van der Waals surface area (Å²) in [5.41, 5.74) is 2.26. The molecule has 0 unspecified atom stereocenters. The molecule has 0 radical (unpaired) electrons. The third kappa shape index (κ3) is 7.28. The molecule has 0 saturated heterocycles. The quantitative estimate of drug-likeness (QED) is 0.341. The van der Waals surface area contributed by atoms with Crippen LogP contribution in [0.4, 0.5) is 0 Å². The van der Waals surface area contributed by atoms with Gasteiger partial charge in [-0.1, -0.05) is 37.1 Å². The summed E-state index contributed by atoms with van der Waals surface area (Å²) in [6.45, 7) is 4.26. The van der Waals surface area contributed by atoms with Crippen molar-refractivity contribution in [2.45, 2.75) is 58.4 Å². The number of carbonyl (C=O) groups is 1. The summed E-state index contributed by atoms with van der Waals surface area (Å²) in [7, 11) is 0. The van der Waals surface area contributed by atoms with Crippen LogP contribution in [0.15, 0.2) is 48.5 Å². The average Bonchev–Trinajstić information content (AvgIpc) is 3.14. The summed E-state index contributed by atoms with van der Waals surface area (Å²) in [6.07, 6.45) is 6.68. The minimum absolute atomic E-state index is 0.127. The van der Waals surface area contributed by atoms with Crippen molar-refractivity contribution in [1.82, 2.24) is 14.9 Å². The predicted octanol–water partition coefficient (Wildman–Crippen LogP) is 5.79. The van der Waals surface area contributed by atoms with E-state index in [4.69, 9.17) is 21.3 Å². The van der Waals surface area contributed by atoms with E-state index in [-0.39, 0.29) is 5.91 Å². The lowest BCUT2D eigenvalue weighted by molar-refractivity contribution is -0.120. The Hall–Kier alpha value is -2.53. The van der Waals surface area contributed by atoms with Gasteiger partial charge in [-0.3, -0.25) is 4.79 Å². The monoisotopic (exact) mass is 441 g/mol. The van der Waals surface area contributed by atoms with E-state index in [1.165, 1.54) is 5.52 Å². The smallest absolute Gasteiger partial charge is 0.219 e. The minimum atomic E-state index is 0.127. The number of benzene rings is 2. The maximum Gasteiger partial charge on any atom is 0.219 e. The first-order valence-electron chi connectivity index (χ1n) is 11.3. The van der Waals surface area contributed by atoms with E-state index in [9.17, 15) is 4.79 Å². The van der Waals surface area contributed by atoms with E-state index in [0.29, 0.717) is 13.0 Å². The number of nitrogens with zero attached hydrogens (tertiary/aromatic N) is 2. The van der Waals surface area contributed by atoms with E-state index >= 15 is 0 Å². The Kier molecular flexibility index (Phi) is 9.22. The highest BCUT2D eigenvalue weighted by Gasteiger charge is 2.10. The van der Waals surface area contributed by atoms with Gasteiger partial charge in [0.1, 0.15) is 11.6 Å². The molecule has 0 fully saturated rings. The second-order valence-corrected chi connectivity index (χ2v) is 8.13. The highest BCUT2D eigenvalue weighted by molar-refractivity contribution is 6.30. The zero-order valence-electron chi connectivity index (χ0n) is 18.3. The molecule has 1 heterocycles. The number of rotatable bonds is 13. The Morgan fingerprint density at radius 2 is 1.84 bits per heavy atom. The first-order chi connectivity index (χ1) is 15.2. The number of amides is 1. The molecule has 1 N–H and O–H groups in total. The molecular formula is C25H32ClN3O2. The Balaban J connectivity index is 1.47. The van der Waals surface area contributed by atoms with Gasteiger partial charge < -0.3 is 14.6 Å². The summed E-state index contributed by atoms with van der Waals surface area (Å²) < 4.78 is 8.17. The first-order valence-corrected chi connectivity index (χ1v) is 11.6. The highest BCUT2D eigenvalue weighted by Crippen LogP contribution is 2.19. The Labute approximate surface area is 189 Å². The maximum atomic E-state index is 11.3. The van der Waals surface area contributed by atoms with Crippen molar-refractivity contribution >= 4 is 28.5 Å². The number of unbranched alkanes of at least 4 members (excludes halogenated alkanes) is 3. The lowest BCUT2D eigenvalue weighted by atomic mass is 10.2. The fourth-order valence-electron chi connectivity index (χ4n) is 3.60. The predicted molar refractivity (Wildman–Crippen MR) is 127 cm³/mol. The van der Waals surface area contributed by atoms with E-state index in [1.807, 2.05) is 37.3 Å². The number of imidazole rings is 1. The molecule has 0 bridgehead atoms. The zero-order valence-corrected chi connectivity index (χ0v) is 19.0. The normalized spacial score (nSPS) is 11.0. The number of hydrogen-bond donors (Lipinski definition) is 1. The first kappa shape index (κ1) is 23.1. The lowest BCUT2D eigenvalue weighted by Gasteiger charge is -2.10. The topological polar surface area (TPSA) is 56.2 Å². The number of nitrogens with one attached hydrogen (secondary N) is 1. The van der Waals surface area contributed by atoms with Crippen molar-refractivity contribution < 1.29 is 9.53 Å². The van der Waals surface area contributed by atoms with Gasteiger partial charge in [-0.05, 0) is 62.1 Å². The van der Waals surface area contributed by atoms with E-state index in [1.54, 1.807) is 0 Å². The third-order valence-corrected chi connectivity index (χ3v) is 5.56. The molecule has 1 aromatic heterocycles. The molecule has 6 heteroatoms. The number of para-hydroxylation sites is 2. The van der Waals surface area contributed by atoms with Crippen LogP contribution in [0.1, 0.15) is 51.3 Å². The molecule has 31 heavy (non-hydrogen) atoms. The van der Waals surface area contributed by atoms with E-state index in [0.717, 1.165) is 73.7 Å². The molecule has 3 aromatic rings. The van der Waals surface area contributed by atoms with Crippen LogP contribution in [0.5, 0.6) is 5.75 Å². The highest BCUT2D eigenvalue weighted by atomic mass is 35.5. The van der Waals surface area contributed by atoms with Crippen molar-refractivity contribution in [1.29, 1.82) is 0 Å². The van der Waals surface area contributed by atoms with Gasteiger partial charge in [0.05, 0.1) is 17.6 Å². The van der Waals surface area contributed by atoms with E-state index in [2.05, 4.69) is 28.1 Å². The fraction of sp³-hybridized carbons (Fsp3) is 0.440. The van der Waals surface area contributed by atoms with Gasteiger partial charge in [0.2, 0.25) is 5.91 Å². The largest absolute Gasteiger partial charge is 0.494 e. The second-order valence-electron chi connectivity index (χ2n) is 7.69. The zero-order chi connectivity index (χ0) is 21.9. The summed E-state index contributed by atoms with van der Waals surface area (Å²) in [4.78, 5) is 16.2. The number of aryl methyl sites for hydroxylation is 2. The van der Waals surface area contributed by atoms with Crippen LogP contribution in [0.25, 0.3) is 11.0 Å². The van der Waals surface area contributed by atoms with Crippen LogP contribution in [0.3, 0.4) is 0 Å². The molecule has 1 amide bonds. The van der Waals surface area contributed by atoms with Crippen LogP contribution < -0.4 is 10.1 Å². The van der Waals surface area contributed by atoms with Gasteiger partial charge in [-0.15, -0.1) is 0 Å². The van der Waals surface area contributed by atoms with Crippen molar-refractivity contribution in [2.75, 3.05) is 13.2 Å². The van der Waals surface area contributed by atoms with Gasteiger partial charge in [-0.2, -0.15) is 0 Å². The lowest BCUT2D eigenvalue weighted by Crippen LogP contribution is -2.23. The van der Waals surface area contributed by atoms with Crippen LogP contribution in [0, 0.1) is 0 Å². The maximum absolute atomic E-state index is 11.3. The van der Waals surface area contributed by atoms with Gasteiger partial charge >= 0.3 is 0 Å². The number of halogens is 1. The number of ether oxygens (including phenoxy) is 1. The number of fused-ring (bicyclic) bond motifs is 1. The Morgan fingerprint density at radius 1 is 1.03 bits per heavy atom. The number of hydrogen-bond acceptors (Lipinski definition) is 3. The van der Waals surface area contributed by atoms with Crippen LogP contribution in [0.2, 0.25) is 5.02 Å². The molecule has 166 valence electrons. The number of aromatic nitrogens is 2. The van der Waals surface area contributed by atoms with Gasteiger partial charge in [0, 0.05) is 31.0 Å². The van der Waals surface area contributed by atoms with Crippen molar-refractivity contribution in [3.63, 3.8) is 0 Å². The summed E-state index contributed by atoms with van der Waals surface area (Å²) in [5, 5.41) is 3.66. The molecule has 0 saturated carbocycles. The standard InChI is InChI=1S/C25H32ClN3O2/c1-2-25(30)27-17-7-3-4-12-24-28-22-10-5-6-11-23(22)29(24)18-8-9-19-31-21-15-13-20(26)14-16-21/h5-6,10-11,13-16H,2-4,7-9,12,17-19H2,1H3,(H,27,30). The molecule has 3 rings (SSSR count). The van der Waals surface area contributed by atoms with Crippen LogP contribution in [-0.2, 0) is 17.8 Å². The molecule has 0 aliphatic carbocycles. The van der Waals surface area contributed by atoms with Crippen molar-refractivity contribution in [3.05, 3.63) is 59.4 Å². The van der Waals surface area contributed by atoms with Gasteiger partial charge in [0.15, 0.2) is 0 Å². The molecular weight excluding hydrogens is 410 g/mol. The van der Waals surface area contributed by atoms with Gasteiger partial charge in [0.25, 0.3) is 0 Å².